The number of esters is 1. The number of aliphatic carboxylic acids is 1. The second kappa shape index (κ2) is 11.6. The van der Waals surface area contributed by atoms with Gasteiger partial charge in [0.25, 0.3) is 0 Å². The number of allylic oxidation sites excluding steroid dienone is 6. The molecule has 9 heteroatoms. The molecular formula is C26H33ClN2O6. The average molecular weight is 505 g/mol. The standard InChI is InChI=1S/C26H33ClN2O6/c1-6-15(2)12-16(3)9-10-18-13-19-20(14-29(18)11-7-8-21(28)25(33)34)23(31)26(5,35-17(4)30)24(32)22(19)27/h9-10,12-15,21H,6-8,11,28H2,1-5H3,(H,33,34). The van der Waals surface area contributed by atoms with Crippen LogP contribution in [-0.2, 0) is 23.9 Å². The Kier molecular flexibility index (Phi) is 9.40. The van der Waals surface area contributed by atoms with Crippen LogP contribution in [0.1, 0.15) is 53.9 Å². The first-order chi connectivity index (χ1) is 16.3. The lowest BCUT2D eigenvalue weighted by atomic mass is 9.79. The van der Waals surface area contributed by atoms with Gasteiger partial charge in [-0.15, -0.1) is 0 Å². The Morgan fingerprint density at radius 1 is 1.29 bits per heavy atom. The lowest BCUT2D eigenvalue weighted by Gasteiger charge is -2.35. The molecule has 8 nitrogen and oxygen atoms in total. The molecule has 0 spiro atoms. The van der Waals surface area contributed by atoms with E-state index in [2.05, 4.69) is 19.9 Å². The van der Waals surface area contributed by atoms with Crippen molar-refractivity contribution < 1.29 is 29.0 Å². The third kappa shape index (κ3) is 6.58. The van der Waals surface area contributed by atoms with Crippen LogP contribution in [0, 0.1) is 5.92 Å². The highest BCUT2D eigenvalue weighted by atomic mass is 35.5. The molecule has 0 aromatic carbocycles. The van der Waals surface area contributed by atoms with Gasteiger partial charge in [-0.3, -0.25) is 19.2 Å². The van der Waals surface area contributed by atoms with Crippen LogP contribution >= 0.6 is 11.6 Å². The highest BCUT2D eigenvalue weighted by molar-refractivity contribution is 6.49. The van der Waals surface area contributed by atoms with Crippen molar-refractivity contribution in [2.24, 2.45) is 11.7 Å². The van der Waals surface area contributed by atoms with E-state index in [1.54, 1.807) is 17.2 Å². The fourth-order valence-electron chi connectivity index (χ4n) is 3.82. The van der Waals surface area contributed by atoms with Gasteiger partial charge in [0.15, 0.2) is 0 Å². The Labute approximate surface area is 210 Å². The molecule has 1 aliphatic carbocycles. The van der Waals surface area contributed by atoms with E-state index in [1.165, 1.54) is 6.92 Å². The van der Waals surface area contributed by atoms with Gasteiger partial charge in [0.2, 0.25) is 17.2 Å². The van der Waals surface area contributed by atoms with Gasteiger partial charge < -0.3 is 20.5 Å². The third-order valence-electron chi connectivity index (χ3n) is 6.03. The predicted octanol–water partition coefficient (Wildman–Crippen LogP) is 3.78. The number of carboxylic acid groups (broad SMARTS) is 1. The minimum absolute atomic E-state index is 0.143. The molecule has 190 valence electrons. The third-order valence-corrected chi connectivity index (χ3v) is 6.41. The van der Waals surface area contributed by atoms with E-state index in [0.717, 1.165) is 18.9 Å². The van der Waals surface area contributed by atoms with Crippen LogP contribution in [0.3, 0.4) is 0 Å². The summed E-state index contributed by atoms with van der Waals surface area (Å²) < 4.78 is 5.11. The maximum atomic E-state index is 13.3. The SMILES string of the molecule is CCC(C)C=C(C)C=CC1=CC2=C(Cl)C(=O)C(C)(OC(C)=O)C(=O)C2=CN1CCCC(N)C(=O)O. The molecule has 3 atom stereocenters. The maximum Gasteiger partial charge on any atom is 0.320 e. The Morgan fingerprint density at radius 2 is 1.94 bits per heavy atom. The molecule has 0 amide bonds. The number of carboxylic acids is 1. The molecule has 0 fully saturated rings. The summed E-state index contributed by atoms with van der Waals surface area (Å²) in [5.74, 6) is -2.90. The van der Waals surface area contributed by atoms with Crippen LogP contribution in [0.25, 0.3) is 0 Å². The number of carbonyl (C=O) groups excluding carboxylic acids is 3. The van der Waals surface area contributed by atoms with Gasteiger partial charge in [0, 0.05) is 36.5 Å². The fraction of sp³-hybridized carbons (Fsp3) is 0.462. The molecule has 1 aliphatic heterocycles. The van der Waals surface area contributed by atoms with E-state index in [-0.39, 0.29) is 22.6 Å². The molecule has 2 aliphatic rings. The van der Waals surface area contributed by atoms with Crippen molar-refractivity contribution in [2.75, 3.05) is 6.54 Å². The molecule has 3 N–H and O–H groups in total. The minimum atomic E-state index is -2.05. The summed E-state index contributed by atoms with van der Waals surface area (Å²) in [5, 5.41) is 8.87. The normalized spacial score (nSPS) is 22.6. The Morgan fingerprint density at radius 3 is 2.51 bits per heavy atom. The van der Waals surface area contributed by atoms with Crippen LogP contribution in [0.15, 0.2) is 58.0 Å². The van der Waals surface area contributed by atoms with E-state index in [9.17, 15) is 19.2 Å². The van der Waals surface area contributed by atoms with Crippen LogP contribution in [-0.4, -0.2) is 51.7 Å². The number of nitrogens with zero attached hydrogens (tertiary/aromatic N) is 1. The zero-order valence-electron chi connectivity index (χ0n) is 20.8. The second-order valence-electron chi connectivity index (χ2n) is 9.03. The Bertz CT molecular complexity index is 1070. The van der Waals surface area contributed by atoms with Crippen molar-refractivity contribution in [1.29, 1.82) is 0 Å². The number of Topliss-reactive ketones (excluding diaryl/α,β-unsaturated/α-hetero) is 2. The van der Waals surface area contributed by atoms with Gasteiger partial charge in [-0.2, -0.15) is 0 Å². The number of ether oxygens (including phenoxy) is 1. The molecule has 2 rings (SSSR count). The lowest BCUT2D eigenvalue weighted by molar-refractivity contribution is -0.167. The van der Waals surface area contributed by atoms with Gasteiger partial charge in [-0.05, 0) is 44.8 Å². The number of halogens is 1. The highest BCUT2D eigenvalue weighted by Crippen LogP contribution is 2.39. The molecule has 0 saturated carbocycles. The van der Waals surface area contributed by atoms with E-state index in [1.807, 2.05) is 19.1 Å². The Balaban J connectivity index is 2.49. The summed E-state index contributed by atoms with van der Waals surface area (Å²) in [6, 6.07) is -0.998. The number of ketones is 2. The highest BCUT2D eigenvalue weighted by Gasteiger charge is 2.52. The van der Waals surface area contributed by atoms with Crippen molar-refractivity contribution in [3.8, 4) is 0 Å². The van der Waals surface area contributed by atoms with Crippen LogP contribution in [0.2, 0.25) is 0 Å². The molecule has 0 aromatic rings. The van der Waals surface area contributed by atoms with Crippen molar-refractivity contribution in [1.82, 2.24) is 4.90 Å². The van der Waals surface area contributed by atoms with Gasteiger partial charge >= 0.3 is 11.9 Å². The lowest BCUT2D eigenvalue weighted by Crippen LogP contribution is -2.52. The number of rotatable bonds is 10. The summed E-state index contributed by atoms with van der Waals surface area (Å²) in [6.45, 7) is 8.92. The quantitative estimate of drug-likeness (QED) is 0.261. The number of nitrogens with two attached hydrogens (primary N) is 1. The zero-order chi connectivity index (χ0) is 26.5. The summed E-state index contributed by atoms with van der Waals surface area (Å²) in [7, 11) is 0. The van der Waals surface area contributed by atoms with Gasteiger partial charge in [0.1, 0.15) is 6.04 Å². The van der Waals surface area contributed by atoms with Gasteiger partial charge in [0.05, 0.1) is 5.03 Å². The predicted molar refractivity (Wildman–Crippen MR) is 133 cm³/mol. The summed E-state index contributed by atoms with van der Waals surface area (Å²) in [5.41, 5.74) is 5.69. The van der Waals surface area contributed by atoms with Crippen molar-refractivity contribution >= 4 is 35.1 Å². The smallest absolute Gasteiger partial charge is 0.320 e. The molecule has 3 unspecified atom stereocenters. The molecule has 1 heterocycles. The van der Waals surface area contributed by atoms with Gasteiger partial charge in [-0.25, -0.2) is 0 Å². The maximum absolute atomic E-state index is 13.3. The van der Waals surface area contributed by atoms with Crippen molar-refractivity contribution in [3.63, 3.8) is 0 Å². The fourth-order valence-corrected chi connectivity index (χ4v) is 4.16. The molecule has 0 bridgehead atoms. The first kappa shape index (κ1) is 28.3. The van der Waals surface area contributed by atoms with E-state index in [4.69, 9.17) is 27.2 Å². The summed E-state index contributed by atoms with van der Waals surface area (Å²) in [6.07, 6.45) is 10.8. The molecule has 0 aromatic heterocycles. The Hall–Kier alpha value is -2.97. The summed E-state index contributed by atoms with van der Waals surface area (Å²) in [4.78, 5) is 50.6. The summed E-state index contributed by atoms with van der Waals surface area (Å²) >= 11 is 6.38. The largest absolute Gasteiger partial charge is 0.480 e. The number of fused-ring (bicyclic) bond motifs is 1. The van der Waals surface area contributed by atoms with Crippen LogP contribution in [0.5, 0.6) is 0 Å². The van der Waals surface area contributed by atoms with Crippen molar-refractivity contribution in [2.45, 2.75) is 65.5 Å². The van der Waals surface area contributed by atoms with Crippen LogP contribution in [0.4, 0.5) is 0 Å². The molecule has 0 saturated heterocycles. The molecule has 35 heavy (non-hydrogen) atoms. The van der Waals surface area contributed by atoms with E-state index >= 15 is 0 Å². The number of hydrogen-bond donors (Lipinski definition) is 2. The van der Waals surface area contributed by atoms with E-state index in [0.29, 0.717) is 24.6 Å². The van der Waals surface area contributed by atoms with Crippen molar-refractivity contribution in [3.05, 3.63) is 58.0 Å². The topological polar surface area (TPSA) is 127 Å². The van der Waals surface area contributed by atoms with Crippen LogP contribution < -0.4 is 5.73 Å². The first-order valence-corrected chi connectivity index (χ1v) is 11.9. The number of carbonyl (C=O) groups is 4. The first-order valence-electron chi connectivity index (χ1n) is 11.6. The minimum Gasteiger partial charge on any atom is -0.480 e. The molecule has 0 radical (unpaired) electrons. The van der Waals surface area contributed by atoms with Gasteiger partial charge in [-0.1, -0.05) is 49.6 Å². The monoisotopic (exact) mass is 504 g/mol. The zero-order valence-corrected chi connectivity index (χ0v) is 21.5. The average Bonchev–Trinajstić information content (AvgIpc) is 2.79. The van der Waals surface area contributed by atoms with E-state index < -0.39 is 35.1 Å². The number of hydrogen-bond acceptors (Lipinski definition) is 7. The second-order valence-corrected chi connectivity index (χ2v) is 9.41. The molecular weight excluding hydrogens is 472 g/mol.